The SMILES string of the molecule is O=C(NO)c1ccc(Oc2ccc(C[C@H](NCl)C(=O)O)cc2)cc1. The molecule has 7 nitrogen and oxygen atoms in total. The van der Waals surface area contributed by atoms with Gasteiger partial charge in [0.25, 0.3) is 5.91 Å². The second-order valence-corrected chi connectivity index (χ2v) is 5.13. The molecule has 0 bridgehead atoms. The molecule has 1 atom stereocenters. The van der Waals surface area contributed by atoms with Gasteiger partial charge in [-0.25, -0.2) is 10.3 Å². The number of halogens is 1. The second-order valence-electron chi connectivity index (χ2n) is 4.92. The number of amides is 1. The van der Waals surface area contributed by atoms with E-state index >= 15 is 0 Å². The third-order valence-electron chi connectivity index (χ3n) is 3.25. The maximum Gasteiger partial charge on any atom is 0.322 e. The lowest BCUT2D eigenvalue weighted by Crippen LogP contribution is -2.32. The average molecular weight is 351 g/mol. The van der Waals surface area contributed by atoms with E-state index in [9.17, 15) is 9.59 Å². The maximum absolute atomic E-state index is 11.2. The van der Waals surface area contributed by atoms with Gasteiger partial charge in [-0.2, -0.15) is 0 Å². The highest BCUT2D eigenvalue weighted by atomic mass is 35.5. The van der Waals surface area contributed by atoms with E-state index in [4.69, 9.17) is 26.8 Å². The number of hydrogen-bond acceptors (Lipinski definition) is 5. The van der Waals surface area contributed by atoms with Crippen LogP contribution in [0.1, 0.15) is 15.9 Å². The lowest BCUT2D eigenvalue weighted by Gasteiger charge is -2.11. The fourth-order valence-corrected chi connectivity index (χ4v) is 2.15. The van der Waals surface area contributed by atoms with Crippen LogP contribution in [-0.4, -0.2) is 28.2 Å². The molecule has 0 unspecified atom stereocenters. The summed E-state index contributed by atoms with van der Waals surface area (Å²) in [7, 11) is 0. The Hall–Kier alpha value is -2.61. The van der Waals surface area contributed by atoms with Crippen LogP contribution in [0.15, 0.2) is 48.5 Å². The molecule has 0 aliphatic rings. The number of aliphatic carboxylic acids is 1. The van der Waals surface area contributed by atoms with Crippen LogP contribution in [0.3, 0.4) is 0 Å². The molecule has 2 aromatic carbocycles. The van der Waals surface area contributed by atoms with Crippen LogP contribution in [0.2, 0.25) is 0 Å². The van der Waals surface area contributed by atoms with Crippen molar-refractivity contribution in [2.75, 3.05) is 0 Å². The van der Waals surface area contributed by atoms with Gasteiger partial charge < -0.3 is 9.84 Å². The van der Waals surface area contributed by atoms with Crippen molar-refractivity contribution >= 4 is 23.7 Å². The first-order chi connectivity index (χ1) is 11.5. The van der Waals surface area contributed by atoms with Gasteiger partial charge in [0, 0.05) is 5.56 Å². The van der Waals surface area contributed by atoms with Gasteiger partial charge in [-0.15, -0.1) is 0 Å². The van der Waals surface area contributed by atoms with Crippen molar-refractivity contribution in [3.05, 3.63) is 59.7 Å². The van der Waals surface area contributed by atoms with Crippen LogP contribution < -0.4 is 15.1 Å². The highest BCUT2D eigenvalue weighted by molar-refractivity contribution is 6.14. The first kappa shape index (κ1) is 17.7. The van der Waals surface area contributed by atoms with Crippen LogP contribution in [-0.2, 0) is 11.2 Å². The number of hydrogen-bond donors (Lipinski definition) is 4. The Morgan fingerprint density at radius 1 is 1.04 bits per heavy atom. The predicted molar refractivity (Wildman–Crippen MR) is 86.3 cm³/mol. The Labute approximate surface area is 142 Å². The number of hydroxylamine groups is 1. The van der Waals surface area contributed by atoms with Gasteiger partial charge in [-0.3, -0.25) is 14.8 Å². The van der Waals surface area contributed by atoms with Crippen molar-refractivity contribution in [2.45, 2.75) is 12.5 Å². The van der Waals surface area contributed by atoms with Gasteiger partial charge in [0.15, 0.2) is 0 Å². The summed E-state index contributed by atoms with van der Waals surface area (Å²) < 4.78 is 5.63. The first-order valence-electron chi connectivity index (χ1n) is 6.93. The quantitative estimate of drug-likeness (QED) is 0.347. The third kappa shape index (κ3) is 4.69. The lowest BCUT2D eigenvalue weighted by atomic mass is 10.1. The molecule has 0 aliphatic carbocycles. The summed E-state index contributed by atoms with van der Waals surface area (Å²) in [5.41, 5.74) is 2.64. The molecule has 0 aromatic heterocycles. The van der Waals surface area contributed by atoms with Crippen molar-refractivity contribution < 1.29 is 24.6 Å². The number of carboxylic acid groups (broad SMARTS) is 1. The Morgan fingerprint density at radius 2 is 1.58 bits per heavy atom. The van der Waals surface area contributed by atoms with E-state index in [1.54, 1.807) is 41.9 Å². The van der Waals surface area contributed by atoms with E-state index in [1.807, 2.05) is 0 Å². The van der Waals surface area contributed by atoms with Gasteiger partial charge in [-0.1, -0.05) is 12.1 Å². The minimum absolute atomic E-state index is 0.240. The van der Waals surface area contributed by atoms with E-state index in [2.05, 4.69) is 4.84 Å². The van der Waals surface area contributed by atoms with Crippen molar-refractivity contribution in [1.82, 2.24) is 10.3 Å². The Bertz CT molecular complexity index is 703. The summed E-state index contributed by atoms with van der Waals surface area (Å²) in [6.45, 7) is 0. The number of carboxylic acids is 1. The minimum atomic E-state index is -1.03. The molecular weight excluding hydrogens is 336 g/mol. The number of rotatable bonds is 7. The molecule has 4 N–H and O–H groups in total. The molecule has 0 heterocycles. The molecule has 0 fully saturated rings. The number of carbonyl (C=O) groups excluding carboxylic acids is 1. The number of ether oxygens (including phenoxy) is 1. The molecular formula is C16H15ClN2O5. The molecule has 8 heteroatoms. The van der Waals surface area contributed by atoms with Crippen molar-refractivity contribution in [2.24, 2.45) is 0 Å². The van der Waals surface area contributed by atoms with E-state index < -0.39 is 17.9 Å². The van der Waals surface area contributed by atoms with Crippen LogP contribution in [0.4, 0.5) is 0 Å². The Kier molecular flexibility index (Phi) is 6.14. The van der Waals surface area contributed by atoms with E-state index in [0.717, 1.165) is 5.56 Å². The van der Waals surface area contributed by atoms with Crippen LogP contribution in [0, 0.1) is 0 Å². The zero-order valence-corrected chi connectivity index (χ0v) is 13.2. The maximum atomic E-state index is 11.2. The zero-order chi connectivity index (χ0) is 17.5. The minimum Gasteiger partial charge on any atom is -0.480 e. The lowest BCUT2D eigenvalue weighted by molar-refractivity contribution is -0.138. The van der Waals surface area contributed by atoms with Crippen LogP contribution in [0.25, 0.3) is 0 Å². The molecule has 24 heavy (non-hydrogen) atoms. The number of nitrogens with one attached hydrogen (secondary N) is 2. The molecule has 0 saturated carbocycles. The molecule has 0 aliphatic heterocycles. The van der Waals surface area contributed by atoms with Crippen LogP contribution in [0.5, 0.6) is 11.5 Å². The Balaban J connectivity index is 2.01. The fraction of sp³-hybridized carbons (Fsp3) is 0.125. The summed E-state index contributed by atoms with van der Waals surface area (Å²) in [5, 5.41) is 17.5. The zero-order valence-electron chi connectivity index (χ0n) is 12.4. The molecule has 1 amide bonds. The molecule has 0 saturated heterocycles. The van der Waals surface area contributed by atoms with Crippen molar-refractivity contribution in [3.63, 3.8) is 0 Å². The first-order valence-corrected chi connectivity index (χ1v) is 7.31. The molecule has 0 spiro atoms. The van der Waals surface area contributed by atoms with Crippen LogP contribution >= 0.6 is 11.8 Å². The summed E-state index contributed by atoms with van der Waals surface area (Å²) in [6.07, 6.45) is 0.240. The topological polar surface area (TPSA) is 108 Å². The summed E-state index contributed by atoms with van der Waals surface area (Å²) >= 11 is 5.40. The Morgan fingerprint density at radius 3 is 2.04 bits per heavy atom. The van der Waals surface area contributed by atoms with E-state index in [1.165, 1.54) is 12.1 Å². The summed E-state index contributed by atoms with van der Waals surface area (Å²) in [6, 6.07) is 12.2. The molecule has 126 valence electrons. The summed E-state index contributed by atoms with van der Waals surface area (Å²) in [5.74, 6) is -0.559. The average Bonchev–Trinajstić information content (AvgIpc) is 2.60. The van der Waals surface area contributed by atoms with E-state index in [0.29, 0.717) is 17.1 Å². The number of carbonyl (C=O) groups is 2. The van der Waals surface area contributed by atoms with Gasteiger partial charge in [-0.05, 0) is 60.2 Å². The predicted octanol–water partition coefficient (Wildman–Crippen LogP) is 2.34. The second kappa shape index (κ2) is 8.30. The van der Waals surface area contributed by atoms with Gasteiger partial charge in [0.1, 0.15) is 17.5 Å². The standard InChI is InChI=1S/C16H15ClN2O5/c17-18-14(16(21)22)9-10-1-5-12(6-2-10)24-13-7-3-11(4-8-13)15(20)19-23/h1-8,14,18,23H,9H2,(H,19,20)(H,21,22)/t14-/m0/s1. The monoisotopic (exact) mass is 350 g/mol. The fourth-order valence-electron chi connectivity index (χ4n) is 1.98. The third-order valence-corrected chi connectivity index (χ3v) is 3.51. The molecule has 2 rings (SSSR count). The normalized spacial score (nSPS) is 11.6. The smallest absolute Gasteiger partial charge is 0.322 e. The number of benzene rings is 2. The largest absolute Gasteiger partial charge is 0.480 e. The highest BCUT2D eigenvalue weighted by Crippen LogP contribution is 2.22. The van der Waals surface area contributed by atoms with E-state index in [-0.39, 0.29) is 6.42 Å². The van der Waals surface area contributed by atoms with Gasteiger partial charge in [0.05, 0.1) is 0 Å². The van der Waals surface area contributed by atoms with Gasteiger partial charge >= 0.3 is 5.97 Å². The molecule has 0 radical (unpaired) electrons. The van der Waals surface area contributed by atoms with Crippen molar-refractivity contribution in [3.8, 4) is 11.5 Å². The van der Waals surface area contributed by atoms with Gasteiger partial charge in [0.2, 0.25) is 0 Å². The highest BCUT2D eigenvalue weighted by Gasteiger charge is 2.16. The molecule has 2 aromatic rings. The van der Waals surface area contributed by atoms with Crippen molar-refractivity contribution in [1.29, 1.82) is 0 Å². The summed E-state index contributed by atoms with van der Waals surface area (Å²) in [4.78, 5) is 24.4.